The smallest absolute Gasteiger partial charge is 0.227 e. The summed E-state index contributed by atoms with van der Waals surface area (Å²) < 4.78 is 32.9. The molecule has 2 N–H and O–H groups in total. The van der Waals surface area contributed by atoms with Crippen molar-refractivity contribution >= 4 is 17.6 Å². The predicted molar refractivity (Wildman–Crippen MR) is 97.6 cm³/mol. The van der Waals surface area contributed by atoms with E-state index in [1.807, 2.05) is 0 Å². The number of hydrogen-bond donors (Lipinski definition) is 2. The van der Waals surface area contributed by atoms with Gasteiger partial charge in [0, 0.05) is 23.9 Å². The lowest BCUT2D eigenvalue weighted by atomic mass is 10.00. The van der Waals surface area contributed by atoms with E-state index in [0.29, 0.717) is 34.6 Å². The lowest BCUT2D eigenvalue weighted by Gasteiger charge is -2.42. The van der Waals surface area contributed by atoms with E-state index in [1.165, 1.54) is 13.2 Å². The van der Waals surface area contributed by atoms with Gasteiger partial charge in [-0.05, 0) is 25.1 Å². The Hall–Kier alpha value is -3.23. The van der Waals surface area contributed by atoms with E-state index in [2.05, 4.69) is 25.5 Å². The average molecular weight is 372 g/mol. The van der Waals surface area contributed by atoms with Gasteiger partial charge in [0.05, 0.1) is 25.9 Å². The Morgan fingerprint density at radius 3 is 2.74 bits per heavy atom. The zero-order chi connectivity index (χ0) is 19.0. The SMILES string of the molecule is COc1ccc(-c2cc(Nc3ccnc(N4CC(C)(F)C4)n3)n[nH]2)c(F)c1. The zero-order valence-electron chi connectivity index (χ0n) is 14.8. The van der Waals surface area contributed by atoms with Crippen LogP contribution in [0.5, 0.6) is 5.75 Å². The van der Waals surface area contributed by atoms with Gasteiger partial charge < -0.3 is 15.0 Å². The molecule has 140 valence electrons. The van der Waals surface area contributed by atoms with Gasteiger partial charge in [-0.3, -0.25) is 5.10 Å². The molecule has 1 aliphatic heterocycles. The summed E-state index contributed by atoms with van der Waals surface area (Å²) in [6.07, 6.45) is 1.59. The second-order valence-corrected chi connectivity index (χ2v) is 6.65. The van der Waals surface area contributed by atoms with Crippen molar-refractivity contribution in [2.45, 2.75) is 12.6 Å². The van der Waals surface area contributed by atoms with Crippen LogP contribution in [0.15, 0.2) is 36.5 Å². The highest BCUT2D eigenvalue weighted by Crippen LogP contribution is 2.29. The minimum Gasteiger partial charge on any atom is -0.497 e. The van der Waals surface area contributed by atoms with Crippen molar-refractivity contribution in [1.82, 2.24) is 20.2 Å². The largest absolute Gasteiger partial charge is 0.497 e. The number of aromatic amines is 1. The Balaban J connectivity index is 1.50. The van der Waals surface area contributed by atoms with Gasteiger partial charge in [0.15, 0.2) is 5.82 Å². The highest BCUT2D eigenvalue weighted by atomic mass is 19.1. The molecular weight excluding hydrogens is 354 g/mol. The molecule has 0 bridgehead atoms. The second kappa shape index (κ2) is 6.49. The number of alkyl halides is 1. The first-order valence-corrected chi connectivity index (χ1v) is 8.37. The number of ether oxygens (including phenoxy) is 1. The first-order valence-electron chi connectivity index (χ1n) is 8.37. The monoisotopic (exact) mass is 372 g/mol. The fourth-order valence-electron chi connectivity index (χ4n) is 2.96. The molecule has 1 saturated heterocycles. The fraction of sp³-hybridized carbons (Fsp3) is 0.278. The minimum atomic E-state index is -1.20. The van der Waals surface area contributed by atoms with Crippen molar-refractivity contribution < 1.29 is 13.5 Å². The van der Waals surface area contributed by atoms with Gasteiger partial charge in [-0.1, -0.05) is 0 Å². The van der Waals surface area contributed by atoms with Crippen molar-refractivity contribution in [1.29, 1.82) is 0 Å². The zero-order valence-corrected chi connectivity index (χ0v) is 14.8. The molecule has 27 heavy (non-hydrogen) atoms. The maximum Gasteiger partial charge on any atom is 0.227 e. The quantitative estimate of drug-likeness (QED) is 0.715. The maximum absolute atomic E-state index is 14.2. The van der Waals surface area contributed by atoms with E-state index < -0.39 is 11.5 Å². The number of nitrogens with zero attached hydrogens (tertiary/aromatic N) is 4. The molecular formula is C18H18F2N6O. The molecule has 3 heterocycles. The number of hydrogen-bond acceptors (Lipinski definition) is 6. The number of aromatic nitrogens is 4. The summed E-state index contributed by atoms with van der Waals surface area (Å²) in [7, 11) is 1.48. The number of rotatable bonds is 5. The first-order chi connectivity index (χ1) is 12.9. The summed E-state index contributed by atoms with van der Waals surface area (Å²) in [4.78, 5) is 10.3. The van der Waals surface area contributed by atoms with Crippen molar-refractivity contribution in [3.63, 3.8) is 0 Å². The van der Waals surface area contributed by atoms with E-state index in [1.54, 1.807) is 42.3 Å². The molecule has 1 fully saturated rings. The molecule has 0 atom stereocenters. The van der Waals surface area contributed by atoms with E-state index in [9.17, 15) is 8.78 Å². The number of methoxy groups -OCH3 is 1. The summed E-state index contributed by atoms with van der Waals surface area (Å²) in [6, 6.07) is 7.96. The van der Waals surface area contributed by atoms with Crippen molar-refractivity contribution in [2.75, 3.05) is 30.4 Å². The van der Waals surface area contributed by atoms with E-state index in [0.717, 1.165) is 0 Å². The Morgan fingerprint density at radius 1 is 1.22 bits per heavy atom. The molecule has 0 aliphatic carbocycles. The van der Waals surface area contributed by atoms with Crippen LogP contribution in [0.25, 0.3) is 11.3 Å². The highest BCUT2D eigenvalue weighted by molar-refractivity contribution is 5.66. The number of benzene rings is 1. The molecule has 2 aromatic heterocycles. The van der Waals surface area contributed by atoms with E-state index in [-0.39, 0.29) is 13.1 Å². The molecule has 0 spiro atoms. The van der Waals surface area contributed by atoms with Crippen molar-refractivity contribution in [3.8, 4) is 17.0 Å². The first kappa shape index (κ1) is 17.2. The minimum absolute atomic E-state index is 0.264. The second-order valence-electron chi connectivity index (χ2n) is 6.65. The van der Waals surface area contributed by atoms with Crippen LogP contribution in [0.1, 0.15) is 6.92 Å². The van der Waals surface area contributed by atoms with Crippen LogP contribution in [0.2, 0.25) is 0 Å². The third kappa shape index (κ3) is 3.53. The molecule has 7 nitrogen and oxygen atoms in total. The Kier molecular flexibility index (Phi) is 4.14. The molecule has 4 rings (SSSR count). The molecule has 0 unspecified atom stereocenters. The lowest BCUT2D eigenvalue weighted by Crippen LogP contribution is -2.57. The summed E-state index contributed by atoms with van der Waals surface area (Å²) in [6.45, 7) is 2.08. The number of H-pyrrole nitrogens is 1. The van der Waals surface area contributed by atoms with Crippen LogP contribution in [0.4, 0.5) is 26.4 Å². The van der Waals surface area contributed by atoms with Crippen LogP contribution in [0.3, 0.4) is 0 Å². The molecule has 3 aromatic rings. The molecule has 0 radical (unpaired) electrons. The Bertz CT molecular complexity index is 966. The molecule has 1 aliphatic rings. The van der Waals surface area contributed by atoms with Crippen LogP contribution in [-0.4, -0.2) is 46.0 Å². The van der Waals surface area contributed by atoms with Gasteiger partial charge in [0.2, 0.25) is 5.95 Å². The molecule has 1 aromatic carbocycles. The summed E-state index contributed by atoms with van der Waals surface area (Å²) in [5.41, 5.74) is -0.308. The van der Waals surface area contributed by atoms with Crippen LogP contribution < -0.4 is 15.0 Å². The van der Waals surface area contributed by atoms with Gasteiger partial charge in [-0.25, -0.2) is 13.8 Å². The maximum atomic E-state index is 14.2. The standard InChI is InChI=1S/C18H18F2N6O/c1-18(20)9-26(10-18)17-21-6-5-15(23-17)22-16-8-14(24-25-16)12-4-3-11(27-2)7-13(12)19/h3-8H,9-10H2,1-2H3,(H2,21,22,23,24,25). The number of anilines is 3. The molecule has 0 amide bonds. The van der Waals surface area contributed by atoms with Crippen molar-refractivity contribution in [2.24, 2.45) is 0 Å². The number of nitrogens with one attached hydrogen (secondary N) is 2. The van der Waals surface area contributed by atoms with E-state index >= 15 is 0 Å². The third-order valence-electron chi connectivity index (χ3n) is 4.27. The average Bonchev–Trinajstić information content (AvgIpc) is 3.07. The third-order valence-corrected chi connectivity index (χ3v) is 4.27. The lowest BCUT2D eigenvalue weighted by molar-refractivity contribution is 0.143. The Labute approximate surface area is 154 Å². The van der Waals surface area contributed by atoms with Gasteiger partial charge in [-0.2, -0.15) is 10.1 Å². The van der Waals surface area contributed by atoms with Crippen LogP contribution in [-0.2, 0) is 0 Å². The molecule has 9 heteroatoms. The fourth-order valence-corrected chi connectivity index (χ4v) is 2.96. The van der Waals surface area contributed by atoms with Crippen LogP contribution in [0, 0.1) is 5.82 Å². The van der Waals surface area contributed by atoms with E-state index in [4.69, 9.17) is 4.74 Å². The summed E-state index contributed by atoms with van der Waals surface area (Å²) in [5, 5.41) is 9.97. The van der Waals surface area contributed by atoms with Gasteiger partial charge in [0.1, 0.15) is 23.1 Å². The topological polar surface area (TPSA) is 79.0 Å². The predicted octanol–water partition coefficient (Wildman–Crippen LogP) is 3.31. The number of halogens is 2. The van der Waals surface area contributed by atoms with Gasteiger partial charge in [0.25, 0.3) is 0 Å². The Morgan fingerprint density at radius 2 is 2.04 bits per heavy atom. The summed E-state index contributed by atoms with van der Waals surface area (Å²) in [5.74, 6) is 1.47. The van der Waals surface area contributed by atoms with Crippen LogP contribution >= 0.6 is 0 Å². The van der Waals surface area contributed by atoms with Crippen molar-refractivity contribution in [3.05, 3.63) is 42.3 Å². The summed E-state index contributed by atoms with van der Waals surface area (Å²) >= 11 is 0. The normalized spacial score (nSPS) is 15.3. The highest BCUT2D eigenvalue weighted by Gasteiger charge is 2.40. The van der Waals surface area contributed by atoms with Gasteiger partial charge >= 0.3 is 0 Å². The van der Waals surface area contributed by atoms with Gasteiger partial charge in [-0.15, -0.1) is 0 Å². The molecule has 0 saturated carbocycles.